The van der Waals surface area contributed by atoms with Crippen LogP contribution in [0.25, 0.3) is 0 Å². The number of nitrogens with one attached hydrogen (secondary N) is 2. The average molecular weight is 560 g/mol. The first-order chi connectivity index (χ1) is 15.8. The van der Waals surface area contributed by atoms with Crippen LogP contribution in [0.3, 0.4) is 0 Å². The Labute approximate surface area is 211 Å². The fraction of sp³-hybridized carbons (Fsp3) is 0.280. The molecular weight excluding hydrogens is 531 g/mol. The van der Waals surface area contributed by atoms with E-state index in [1.54, 1.807) is 6.20 Å². The topological polar surface area (TPSA) is 77.0 Å². The van der Waals surface area contributed by atoms with Gasteiger partial charge in [-0.1, -0.05) is 24.3 Å². The number of pyridine rings is 1. The number of nitrogens with zero attached hydrogens (tertiary/aromatic N) is 2. The molecular formula is C25H29IN4O3. The van der Waals surface area contributed by atoms with E-state index in [1.165, 1.54) is 5.56 Å². The summed E-state index contributed by atoms with van der Waals surface area (Å²) in [6.45, 7) is 4.91. The fourth-order valence-corrected chi connectivity index (χ4v) is 3.31. The molecule has 0 unspecified atom stereocenters. The number of aliphatic imine (C=N–C) groups is 1. The summed E-state index contributed by atoms with van der Waals surface area (Å²) in [6, 6.07) is 19.9. The predicted octanol–water partition coefficient (Wildman–Crippen LogP) is 4.31. The quantitative estimate of drug-likeness (QED) is 0.231. The van der Waals surface area contributed by atoms with Gasteiger partial charge in [0.1, 0.15) is 12.4 Å². The first-order valence-corrected chi connectivity index (χ1v) is 10.8. The minimum atomic E-state index is 0. The number of guanidine groups is 1. The van der Waals surface area contributed by atoms with Crippen LogP contribution in [0, 0.1) is 0 Å². The minimum Gasteiger partial charge on any atom is -0.487 e. The van der Waals surface area contributed by atoms with Gasteiger partial charge in [0.15, 0.2) is 17.5 Å². The number of aromatic nitrogens is 1. The number of ether oxygens (including phenoxy) is 3. The van der Waals surface area contributed by atoms with Gasteiger partial charge in [-0.3, -0.25) is 4.98 Å². The van der Waals surface area contributed by atoms with E-state index in [0.29, 0.717) is 19.9 Å². The van der Waals surface area contributed by atoms with E-state index < -0.39 is 0 Å². The van der Waals surface area contributed by atoms with Crippen molar-refractivity contribution in [3.05, 3.63) is 83.7 Å². The molecule has 3 aromatic rings. The molecule has 33 heavy (non-hydrogen) atoms. The SMILES string of the molecule is CCNC(=NCc1cccc(OCc2ccccn2)c1)NCCc1ccc2c(c1)OCO2.I. The lowest BCUT2D eigenvalue weighted by atomic mass is 10.1. The Bertz CT molecular complexity index is 1050. The number of hydrogen-bond donors (Lipinski definition) is 2. The van der Waals surface area contributed by atoms with Gasteiger partial charge < -0.3 is 24.8 Å². The summed E-state index contributed by atoms with van der Waals surface area (Å²) < 4.78 is 16.7. The third kappa shape index (κ3) is 7.52. The molecule has 174 valence electrons. The molecule has 0 atom stereocenters. The van der Waals surface area contributed by atoms with E-state index in [4.69, 9.17) is 19.2 Å². The van der Waals surface area contributed by atoms with Crippen molar-refractivity contribution >= 4 is 29.9 Å². The zero-order chi connectivity index (χ0) is 22.0. The molecule has 8 heteroatoms. The van der Waals surface area contributed by atoms with E-state index >= 15 is 0 Å². The summed E-state index contributed by atoms with van der Waals surface area (Å²) in [7, 11) is 0. The highest BCUT2D eigenvalue weighted by atomic mass is 127. The molecule has 2 heterocycles. The van der Waals surface area contributed by atoms with Crippen LogP contribution in [-0.4, -0.2) is 30.8 Å². The zero-order valence-corrected chi connectivity index (χ0v) is 21.0. The summed E-state index contributed by atoms with van der Waals surface area (Å²) in [5.74, 6) is 3.22. The van der Waals surface area contributed by atoms with Crippen LogP contribution in [0.15, 0.2) is 71.9 Å². The van der Waals surface area contributed by atoms with Crippen molar-refractivity contribution in [3.8, 4) is 17.2 Å². The van der Waals surface area contributed by atoms with Gasteiger partial charge in [0.05, 0.1) is 12.2 Å². The lowest BCUT2D eigenvalue weighted by Gasteiger charge is -2.12. The van der Waals surface area contributed by atoms with Gasteiger partial charge in [-0.2, -0.15) is 0 Å². The Kier molecular flexibility index (Phi) is 9.61. The largest absolute Gasteiger partial charge is 0.487 e. The number of benzene rings is 2. The fourth-order valence-electron chi connectivity index (χ4n) is 3.31. The van der Waals surface area contributed by atoms with Crippen molar-refractivity contribution in [1.82, 2.24) is 15.6 Å². The Morgan fingerprint density at radius 1 is 1.00 bits per heavy atom. The van der Waals surface area contributed by atoms with Crippen molar-refractivity contribution in [1.29, 1.82) is 0 Å². The van der Waals surface area contributed by atoms with Gasteiger partial charge in [-0.15, -0.1) is 24.0 Å². The highest BCUT2D eigenvalue weighted by Gasteiger charge is 2.13. The molecule has 4 rings (SSSR count). The van der Waals surface area contributed by atoms with E-state index in [2.05, 4.69) is 28.6 Å². The molecule has 2 N–H and O–H groups in total. The van der Waals surface area contributed by atoms with Crippen molar-refractivity contribution in [2.45, 2.75) is 26.5 Å². The average Bonchev–Trinajstić information content (AvgIpc) is 3.30. The highest BCUT2D eigenvalue weighted by molar-refractivity contribution is 14.0. The maximum atomic E-state index is 5.87. The summed E-state index contributed by atoms with van der Waals surface area (Å²) in [6.07, 6.45) is 2.63. The highest BCUT2D eigenvalue weighted by Crippen LogP contribution is 2.32. The first kappa shape index (κ1) is 24.6. The van der Waals surface area contributed by atoms with E-state index in [9.17, 15) is 0 Å². The van der Waals surface area contributed by atoms with Gasteiger partial charge in [0.25, 0.3) is 0 Å². The molecule has 7 nitrogen and oxygen atoms in total. The van der Waals surface area contributed by atoms with E-state index in [0.717, 1.165) is 54.0 Å². The molecule has 0 saturated heterocycles. The molecule has 0 spiro atoms. The Morgan fingerprint density at radius 2 is 1.91 bits per heavy atom. The molecule has 0 bridgehead atoms. The van der Waals surface area contributed by atoms with Crippen molar-refractivity contribution in [2.75, 3.05) is 19.9 Å². The molecule has 1 aromatic heterocycles. The van der Waals surface area contributed by atoms with Crippen LogP contribution < -0.4 is 24.8 Å². The molecule has 0 radical (unpaired) electrons. The summed E-state index contributed by atoms with van der Waals surface area (Å²) in [5.41, 5.74) is 3.17. The Morgan fingerprint density at radius 3 is 2.76 bits per heavy atom. The summed E-state index contributed by atoms with van der Waals surface area (Å²) in [5, 5.41) is 6.69. The number of rotatable bonds is 9. The summed E-state index contributed by atoms with van der Waals surface area (Å²) >= 11 is 0. The van der Waals surface area contributed by atoms with Crippen LogP contribution in [0.4, 0.5) is 0 Å². The molecule has 2 aromatic carbocycles. The maximum absolute atomic E-state index is 5.87. The predicted molar refractivity (Wildman–Crippen MR) is 140 cm³/mol. The van der Waals surface area contributed by atoms with Crippen molar-refractivity contribution in [3.63, 3.8) is 0 Å². The third-order valence-electron chi connectivity index (χ3n) is 4.92. The Hall–Kier alpha value is -3.01. The van der Waals surface area contributed by atoms with Crippen LogP contribution in [-0.2, 0) is 19.6 Å². The summed E-state index contributed by atoms with van der Waals surface area (Å²) in [4.78, 5) is 9.00. The number of hydrogen-bond acceptors (Lipinski definition) is 5. The van der Waals surface area contributed by atoms with Gasteiger partial charge in [0, 0.05) is 19.3 Å². The molecule has 1 aliphatic rings. The second-order valence-electron chi connectivity index (χ2n) is 7.32. The minimum absolute atomic E-state index is 0. The van der Waals surface area contributed by atoms with Crippen LogP contribution in [0.1, 0.15) is 23.7 Å². The molecule has 0 amide bonds. The standard InChI is InChI=1S/C25H28N4O3.HI/c1-2-26-25(28-13-11-19-9-10-23-24(15-19)32-18-31-23)29-16-20-6-5-8-22(14-20)30-17-21-7-3-4-12-27-21;/h3-10,12,14-15H,2,11,13,16-18H2,1H3,(H2,26,28,29);1H. The Balaban J connectivity index is 0.00000306. The number of fused-ring (bicyclic) bond motifs is 1. The zero-order valence-electron chi connectivity index (χ0n) is 18.6. The maximum Gasteiger partial charge on any atom is 0.231 e. The van der Waals surface area contributed by atoms with Crippen LogP contribution in [0.5, 0.6) is 17.2 Å². The normalized spacial score (nSPS) is 12.1. The van der Waals surface area contributed by atoms with Crippen LogP contribution >= 0.6 is 24.0 Å². The second kappa shape index (κ2) is 12.9. The molecule has 0 aliphatic carbocycles. The lowest BCUT2D eigenvalue weighted by molar-refractivity contribution is 0.174. The molecule has 0 fully saturated rings. The second-order valence-corrected chi connectivity index (χ2v) is 7.32. The van der Waals surface area contributed by atoms with Crippen LogP contribution in [0.2, 0.25) is 0 Å². The monoisotopic (exact) mass is 560 g/mol. The van der Waals surface area contributed by atoms with Gasteiger partial charge >= 0.3 is 0 Å². The van der Waals surface area contributed by atoms with Gasteiger partial charge in [-0.25, -0.2) is 4.99 Å². The van der Waals surface area contributed by atoms with Gasteiger partial charge in [-0.05, 0) is 60.9 Å². The van der Waals surface area contributed by atoms with E-state index in [1.807, 2.05) is 54.6 Å². The smallest absolute Gasteiger partial charge is 0.231 e. The number of halogens is 1. The van der Waals surface area contributed by atoms with Gasteiger partial charge in [0.2, 0.25) is 6.79 Å². The van der Waals surface area contributed by atoms with Crippen molar-refractivity contribution in [2.24, 2.45) is 4.99 Å². The molecule has 1 aliphatic heterocycles. The third-order valence-corrected chi connectivity index (χ3v) is 4.92. The molecule has 0 saturated carbocycles. The first-order valence-electron chi connectivity index (χ1n) is 10.8. The van der Waals surface area contributed by atoms with Crippen molar-refractivity contribution < 1.29 is 14.2 Å². The van der Waals surface area contributed by atoms with E-state index in [-0.39, 0.29) is 24.0 Å². The lowest BCUT2D eigenvalue weighted by Crippen LogP contribution is -2.38.